The van der Waals surface area contributed by atoms with Crippen LogP contribution in [0, 0.1) is 0 Å². The second-order valence-corrected chi connectivity index (χ2v) is 2.83. The summed E-state index contributed by atoms with van der Waals surface area (Å²) >= 11 is 0. The fraction of sp³-hybridized carbons (Fsp3) is 0.400. The average Bonchev–Trinajstić information content (AvgIpc) is 2.22. The molecule has 0 saturated heterocycles. The number of ether oxygens (including phenoxy) is 1. The minimum absolute atomic E-state index is 0.172. The molecule has 0 aromatic heterocycles. The summed E-state index contributed by atoms with van der Waals surface area (Å²) in [7, 11) is 0. The van der Waals surface area contributed by atoms with E-state index in [1.54, 1.807) is 6.92 Å². The zero-order chi connectivity index (χ0) is 13.4. The van der Waals surface area contributed by atoms with Crippen molar-refractivity contribution in [2.24, 2.45) is 0 Å². The second-order valence-electron chi connectivity index (χ2n) is 2.83. The maximum Gasteiger partial charge on any atom is 0.357 e. The molecule has 0 aromatic rings. The van der Waals surface area contributed by atoms with Crippen LogP contribution in [0.2, 0.25) is 0 Å². The summed E-state index contributed by atoms with van der Waals surface area (Å²) in [5.74, 6) is -3.23. The van der Waals surface area contributed by atoms with Gasteiger partial charge in [0.15, 0.2) is 0 Å². The molecule has 0 heterocycles. The Hall–Kier alpha value is -2.18. The molecule has 0 atom stereocenters. The Morgan fingerprint density at radius 3 is 1.88 bits per heavy atom. The molecule has 0 aliphatic heterocycles. The molecule has 0 bridgehead atoms. The lowest BCUT2D eigenvalue weighted by molar-refractivity contribution is -0.196. The summed E-state index contributed by atoms with van der Waals surface area (Å²) in [6, 6.07) is 0. The summed E-state index contributed by atoms with van der Waals surface area (Å²) < 4.78 is 4.51. The van der Waals surface area contributed by atoms with Crippen molar-refractivity contribution in [3.63, 3.8) is 0 Å². The van der Waals surface area contributed by atoms with Gasteiger partial charge < -0.3 is 9.57 Å². The first-order valence-electron chi connectivity index (χ1n) is 4.76. The van der Waals surface area contributed by atoms with Crippen LogP contribution < -0.4 is 0 Å². The lowest BCUT2D eigenvalue weighted by atomic mass is 10.5. The van der Waals surface area contributed by atoms with Gasteiger partial charge in [0.1, 0.15) is 0 Å². The Labute approximate surface area is 97.9 Å². The topological polar surface area (TPSA) is 90.0 Å². The fourth-order valence-electron chi connectivity index (χ4n) is 0.797. The van der Waals surface area contributed by atoms with Gasteiger partial charge in [0.05, 0.1) is 6.61 Å². The van der Waals surface area contributed by atoms with Crippen LogP contribution in [0.4, 0.5) is 0 Å². The molecule has 0 radical (unpaired) electrons. The van der Waals surface area contributed by atoms with E-state index >= 15 is 0 Å². The smallest absolute Gasteiger partial charge is 0.357 e. The second kappa shape index (κ2) is 7.15. The number of carbonyl (C=O) groups excluding carboxylic acids is 4. The standard InChI is InChI=1S/C10H13NO6/c1-4-16-9(14)5-6-10(15)17-11(7(2)12)8(3)13/h5-6H,4H2,1-3H3/b6-5+. The van der Waals surface area contributed by atoms with E-state index in [9.17, 15) is 19.2 Å². The van der Waals surface area contributed by atoms with Crippen molar-refractivity contribution in [2.75, 3.05) is 6.61 Å². The van der Waals surface area contributed by atoms with Crippen LogP contribution in [0.5, 0.6) is 0 Å². The predicted octanol–water partition coefficient (Wildman–Crippen LogP) is -0.0411. The SMILES string of the molecule is CCOC(=O)/C=C/C(=O)ON(C(C)=O)C(C)=O. The van der Waals surface area contributed by atoms with Gasteiger partial charge in [-0.2, -0.15) is 0 Å². The van der Waals surface area contributed by atoms with Crippen molar-refractivity contribution in [1.29, 1.82) is 0 Å². The van der Waals surface area contributed by atoms with Gasteiger partial charge in [-0.15, -0.1) is 5.06 Å². The van der Waals surface area contributed by atoms with E-state index in [0.29, 0.717) is 0 Å². The van der Waals surface area contributed by atoms with Crippen LogP contribution in [0.1, 0.15) is 20.8 Å². The molecule has 0 rings (SSSR count). The highest BCUT2D eigenvalue weighted by Gasteiger charge is 2.18. The fourth-order valence-corrected chi connectivity index (χ4v) is 0.797. The first-order valence-corrected chi connectivity index (χ1v) is 4.76. The summed E-state index contributed by atoms with van der Waals surface area (Å²) in [4.78, 5) is 48.1. The molecule has 0 spiro atoms. The first-order chi connectivity index (χ1) is 7.88. The highest BCUT2D eigenvalue weighted by atomic mass is 16.7. The summed E-state index contributed by atoms with van der Waals surface area (Å²) in [6.45, 7) is 3.90. The van der Waals surface area contributed by atoms with Gasteiger partial charge in [-0.25, -0.2) is 9.59 Å². The number of nitrogens with zero attached hydrogens (tertiary/aromatic N) is 1. The molecule has 0 aliphatic rings. The van der Waals surface area contributed by atoms with E-state index in [1.807, 2.05) is 0 Å². The number of amides is 2. The molecule has 0 unspecified atom stereocenters. The van der Waals surface area contributed by atoms with Crippen LogP contribution >= 0.6 is 0 Å². The number of hydroxylamine groups is 2. The van der Waals surface area contributed by atoms with E-state index in [2.05, 4.69) is 9.57 Å². The largest absolute Gasteiger partial charge is 0.463 e. The van der Waals surface area contributed by atoms with Gasteiger partial charge in [-0.1, -0.05) is 0 Å². The third kappa shape index (κ3) is 6.08. The maximum absolute atomic E-state index is 11.1. The van der Waals surface area contributed by atoms with Crippen molar-refractivity contribution < 1.29 is 28.8 Å². The monoisotopic (exact) mass is 243 g/mol. The number of hydrogen-bond donors (Lipinski definition) is 0. The van der Waals surface area contributed by atoms with Crippen LogP contribution in [0.15, 0.2) is 12.2 Å². The minimum Gasteiger partial charge on any atom is -0.463 e. The highest BCUT2D eigenvalue weighted by molar-refractivity contribution is 5.96. The molecule has 94 valence electrons. The Morgan fingerprint density at radius 1 is 1.00 bits per heavy atom. The highest BCUT2D eigenvalue weighted by Crippen LogP contribution is 1.95. The van der Waals surface area contributed by atoms with Crippen LogP contribution in [-0.2, 0) is 28.8 Å². The molecular weight excluding hydrogens is 230 g/mol. The third-order valence-electron chi connectivity index (χ3n) is 1.40. The molecule has 0 saturated carbocycles. The maximum atomic E-state index is 11.1. The molecule has 7 nitrogen and oxygen atoms in total. The van der Waals surface area contributed by atoms with Crippen molar-refractivity contribution >= 4 is 23.8 Å². The quantitative estimate of drug-likeness (QED) is 0.392. The Bertz CT molecular complexity index is 346. The number of rotatable bonds is 3. The van der Waals surface area contributed by atoms with Gasteiger partial charge in [-0.05, 0) is 6.92 Å². The van der Waals surface area contributed by atoms with Gasteiger partial charge in [0.25, 0.3) is 11.8 Å². The molecule has 7 heteroatoms. The minimum atomic E-state index is -1.02. The third-order valence-corrected chi connectivity index (χ3v) is 1.40. The Balaban J connectivity index is 4.39. The van der Waals surface area contributed by atoms with Crippen molar-refractivity contribution in [3.8, 4) is 0 Å². The van der Waals surface area contributed by atoms with E-state index in [0.717, 1.165) is 26.0 Å². The zero-order valence-electron chi connectivity index (χ0n) is 9.76. The van der Waals surface area contributed by atoms with Gasteiger partial charge in [-0.3, -0.25) is 9.59 Å². The van der Waals surface area contributed by atoms with E-state index in [-0.39, 0.29) is 11.7 Å². The van der Waals surface area contributed by atoms with E-state index in [4.69, 9.17) is 0 Å². The van der Waals surface area contributed by atoms with Crippen LogP contribution in [0.25, 0.3) is 0 Å². The first kappa shape index (κ1) is 14.8. The molecule has 0 aromatic carbocycles. The van der Waals surface area contributed by atoms with Crippen LogP contribution in [0.3, 0.4) is 0 Å². The van der Waals surface area contributed by atoms with Crippen LogP contribution in [-0.4, -0.2) is 35.4 Å². The average molecular weight is 243 g/mol. The van der Waals surface area contributed by atoms with Gasteiger partial charge in [0.2, 0.25) is 0 Å². The Morgan fingerprint density at radius 2 is 1.47 bits per heavy atom. The lowest BCUT2D eigenvalue weighted by Gasteiger charge is -2.13. The lowest BCUT2D eigenvalue weighted by Crippen LogP contribution is -2.35. The van der Waals surface area contributed by atoms with Gasteiger partial charge in [0, 0.05) is 26.0 Å². The van der Waals surface area contributed by atoms with E-state index < -0.39 is 23.8 Å². The van der Waals surface area contributed by atoms with Crippen molar-refractivity contribution in [3.05, 3.63) is 12.2 Å². The molecule has 17 heavy (non-hydrogen) atoms. The summed E-state index contributed by atoms with van der Waals surface area (Å²) in [5.41, 5.74) is 0. The molecule has 2 amide bonds. The molecule has 0 N–H and O–H groups in total. The number of esters is 1. The molecular formula is C10H13NO6. The zero-order valence-corrected chi connectivity index (χ0v) is 9.76. The normalized spacial score (nSPS) is 9.82. The number of hydrogen-bond acceptors (Lipinski definition) is 6. The number of carbonyl (C=O) groups is 4. The van der Waals surface area contributed by atoms with Crippen molar-refractivity contribution in [2.45, 2.75) is 20.8 Å². The summed E-state index contributed by atoms with van der Waals surface area (Å²) in [6.07, 6.45) is 1.60. The Kier molecular flexibility index (Phi) is 6.24. The predicted molar refractivity (Wildman–Crippen MR) is 55.1 cm³/mol. The number of imide groups is 1. The summed E-state index contributed by atoms with van der Waals surface area (Å²) in [5, 5.41) is 0.290. The van der Waals surface area contributed by atoms with Crippen molar-refractivity contribution in [1.82, 2.24) is 5.06 Å². The van der Waals surface area contributed by atoms with E-state index in [1.165, 1.54) is 0 Å². The van der Waals surface area contributed by atoms with Gasteiger partial charge >= 0.3 is 11.9 Å². The molecule has 0 fully saturated rings. The molecule has 0 aliphatic carbocycles.